The first-order chi connectivity index (χ1) is 7.18. The molecule has 86 valence electrons. The second kappa shape index (κ2) is 4.49. The summed E-state index contributed by atoms with van der Waals surface area (Å²) in [6.07, 6.45) is 3.26. The van der Waals surface area contributed by atoms with Crippen molar-refractivity contribution in [2.75, 3.05) is 26.4 Å². The highest BCUT2D eigenvalue weighted by molar-refractivity contribution is 5.77. The molecule has 0 saturated carbocycles. The van der Waals surface area contributed by atoms with E-state index in [1.54, 1.807) is 0 Å². The van der Waals surface area contributed by atoms with Crippen LogP contribution in [-0.4, -0.2) is 37.9 Å². The quantitative estimate of drug-likeness (QED) is 0.735. The van der Waals surface area contributed by atoms with E-state index in [0.717, 1.165) is 32.5 Å². The molecule has 2 aliphatic heterocycles. The van der Waals surface area contributed by atoms with Crippen molar-refractivity contribution in [2.24, 2.45) is 5.92 Å². The van der Waals surface area contributed by atoms with Gasteiger partial charge in [-0.1, -0.05) is 0 Å². The number of amides is 1. The lowest BCUT2D eigenvalue weighted by molar-refractivity contribution is -0.144. The second-order valence-corrected chi connectivity index (χ2v) is 4.78. The van der Waals surface area contributed by atoms with Gasteiger partial charge < -0.3 is 14.8 Å². The Bertz CT molecular complexity index is 226. The number of carbonyl (C=O) groups is 1. The number of morpholine rings is 1. The third-order valence-electron chi connectivity index (χ3n) is 3.27. The fourth-order valence-electron chi connectivity index (χ4n) is 2.32. The number of hydrogen-bond acceptors (Lipinski definition) is 3. The molecule has 2 aliphatic rings. The molecule has 1 N–H and O–H groups in total. The highest BCUT2D eigenvalue weighted by Crippen LogP contribution is 2.28. The molecule has 2 fully saturated rings. The summed E-state index contributed by atoms with van der Waals surface area (Å²) in [6.45, 7) is 4.67. The molecule has 1 atom stereocenters. The van der Waals surface area contributed by atoms with Gasteiger partial charge in [0.15, 0.2) is 0 Å². The van der Waals surface area contributed by atoms with Crippen molar-refractivity contribution in [3.63, 3.8) is 0 Å². The zero-order valence-corrected chi connectivity index (χ0v) is 9.25. The van der Waals surface area contributed by atoms with Crippen molar-refractivity contribution < 1.29 is 14.3 Å². The molecule has 0 aliphatic carbocycles. The molecule has 0 aromatic rings. The number of carbonyl (C=O) groups excluding carboxylic acids is 1. The summed E-state index contributed by atoms with van der Waals surface area (Å²) in [6, 6.07) is 0. The highest BCUT2D eigenvalue weighted by Gasteiger charge is 2.33. The van der Waals surface area contributed by atoms with E-state index in [2.05, 4.69) is 12.2 Å². The van der Waals surface area contributed by atoms with Crippen molar-refractivity contribution in [3.05, 3.63) is 0 Å². The summed E-state index contributed by atoms with van der Waals surface area (Å²) in [5.41, 5.74) is -0.171. The Hall–Kier alpha value is -0.610. The first kappa shape index (κ1) is 10.9. The molecule has 4 nitrogen and oxygen atoms in total. The van der Waals surface area contributed by atoms with Crippen LogP contribution in [0.3, 0.4) is 0 Å². The van der Waals surface area contributed by atoms with Gasteiger partial charge in [0.25, 0.3) is 0 Å². The van der Waals surface area contributed by atoms with E-state index in [0.29, 0.717) is 12.5 Å². The van der Waals surface area contributed by atoms with Crippen molar-refractivity contribution in [1.82, 2.24) is 5.32 Å². The van der Waals surface area contributed by atoms with Gasteiger partial charge in [0.1, 0.15) is 6.61 Å². The fourth-order valence-corrected chi connectivity index (χ4v) is 2.32. The van der Waals surface area contributed by atoms with Crippen LogP contribution >= 0.6 is 0 Å². The number of rotatable bonds is 2. The summed E-state index contributed by atoms with van der Waals surface area (Å²) in [4.78, 5) is 11.0. The van der Waals surface area contributed by atoms with Crippen LogP contribution in [0, 0.1) is 5.92 Å². The lowest BCUT2D eigenvalue weighted by Crippen LogP contribution is -2.51. The maximum Gasteiger partial charge on any atom is 0.246 e. The lowest BCUT2D eigenvalue weighted by atomic mass is 9.86. The van der Waals surface area contributed by atoms with Crippen LogP contribution in [0.5, 0.6) is 0 Å². The standard InChI is InChI=1S/C11H19NO3/c1-11(8-12-10(13)7-15-11)6-9-2-4-14-5-3-9/h9H,2-8H2,1H3,(H,12,13). The maximum absolute atomic E-state index is 11.0. The van der Waals surface area contributed by atoms with Gasteiger partial charge in [-0.25, -0.2) is 0 Å². The smallest absolute Gasteiger partial charge is 0.246 e. The minimum atomic E-state index is -0.171. The van der Waals surface area contributed by atoms with Gasteiger partial charge in [0.05, 0.1) is 5.60 Å². The SMILES string of the molecule is CC1(CC2CCOCC2)CNC(=O)CO1. The molecule has 2 saturated heterocycles. The average molecular weight is 213 g/mol. The lowest BCUT2D eigenvalue weighted by Gasteiger charge is -2.37. The van der Waals surface area contributed by atoms with Crippen LogP contribution in [0.15, 0.2) is 0 Å². The van der Waals surface area contributed by atoms with Crippen LogP contribution in [0.2, 0.25) is 0 Å². The van der Waals surface area contributed by atoms with E-state index in [1.165, 1.54) is 0 Å². The fraction of sp³-hybridized carbons (Fsp3) is 0.909. The molecular weight excluding hydrogens is 194 g/mol. The van der Waals surface area contributed by atoms with Crippen LogP contribution in [-0.2, 0) is 14.3 Å². The Labute approximate surface area is 90.3 Å². The van der Waals surface area contributed by atoms with Crippen LogP contribution in [0.1, 0.15) is 26.2 Å². The minimum Gasteiger partial charge on any atom is -0.381 e. The Morgan fingerprint density at radius 1 is 1.47 bits per heavy atom. The first-order valence-corrected chi connectivity index (χ1v) is 5.66. The zero-order chi connectivity index (χ0) is 10.7. The van der Waals surface area contributed by atoms with Crippen molar-refractivity contribution in [2.45, 2.75) is 31.8 Å². The van der Waals surface area contributed by atoms with E-state index >= 15 is 0 Å². The van der Waals surface area contributed by atoms with Crippen LogP contribution < -0.4 is 5.32 Å². The Morgan fingerprint density at radius 2 is 2.20 bits per heavy atom. The van der Waals surface area contributed by atoms with E-state index < -0.39 is 0 Å². The van der Waals surface area contributed by atoms with Crippen LogP contribution in [0.4, 0.5) is 0 Å². The van der Waals surface area contributed by atoms with Gasteiger partial charge in [0, 0.05) is 19.8 Å². The molecule has 0 aromatic carbocycles. The molecular formula is C11H19NO3. The van der Waals surface area contributed by atoms with E-state index in [1.807, 2.05) is 0 Å². The van der Waals surface area contributed by atoms with Gasteiger partial charge in [-0.3, -0.25) is 4.79 Å². The third kappa shape index (κ3) is 2.92. The summed E-state index contributed by atoms with van der Waals surface area (Å²) < 4.78 is 11.0. The average Bonchev–Trinajstić information content (AvgIpc) is 2.24. The zero-order valence-electron chi connectivity index (χ0n) is 9.25. The number of nitrogens with one attached hydrogen (secondary N) is 1. The first-order valence-electron chi connectivity index (χ1n) is 5.66. The molecule has 0 radical (unpaired) electrons. The molecule has 1 amide bonds. The van der Waals surface area contributed by atoms with Crippen LogP contribution in [0.25, 0.3) is 0 Å². The molecule has 2 rings (SSSR count). The van der Waals surface area contributed by atoms with Gasteiger partial charge in [-0.05, 0) is 32.1 Å². The van der Waals surface area contributed by atoms with Gasteiger partial charge in [0.2, 0.25) is 5.91 Å². The molecule has 15 heavy (non-hydrogen) atoms. The summed E-state index contributed by atoms with van der Waals surface area (Å²) >= 11 is 0. The van der Waals surface area contributed by atoms with Gasteiger partial charge >= 0.3 is 0 Å². The number of ether oxygens (including phenoxy) is 2. The molecule has 1 unspecified atom stereocenters. The van der Waals surface area contributed by atoms with Gasteiger partial charge in [-0.15, -0.1) is 0 Å². The molecule has 2 heterocycles. The largest absolute Gasteiger partial charge is 0.381 e. The Balaban J connectivity index is 1.83. The maximum atomic E-state index is 11.0. The van der Waals surface area contributed by atoms with Crippen molar-refractivity contribution in [3.8, 4) is 0 Å². The second-order valence-electron chi connectivity index (χ2n) is 4.78. The molecule has 0 bridgehead atoms. The van der Waals surface area contributed by atoms with E-state index in [-0.39, 0.29) is 18.1 Å². The predicted octanol–water partition coefficient (Wildman–Crippen LogP) is 0.708. The molecule has 0 spiro atoms. The van der Waals surface area contributed by atoms with E-state index in [9.17, 15) is 4.79 Å². The van der Waals surface area contributed by atoms with E-state index in [4.69, 9.17) is 9.47 Å². The van der Waals surface area contributed by atoms with Gasteiger partial charge in [-0.2, -0.15) is 0 Å². The molecule has 4 heteroatoms. The predicted molar refractivity (Wildman–Crippen MR) is 55.5 cm³/mol. The minimum absolute atomic E-state index is 0.000507. The Kier molecular flexibility index (Phi) is 3.26. The summed E-state index contributed by atoms with van der Waals surface area (Å²) in [5.74, 6) is 0.679. The topological polar surface area (TPSA) is 47.6 Å². The Morgan fingerprint density at radius 3 is 2.80 bits per heavy atom. The summed E-state index contributed by atoms with van der Waals surface area (Å²) in [7, 11) is 0. The van der Waals surface area contributed by atoms with Crippen molar-refractivity contribution >= 4 is 5.91 Å². The normalized spacial score (nSPS) is 33.8. The third-order valence-corrected chi connectivity index (χ3v) is 3.27. The van der Waals surface area contributed by atoms with Crippen molar-refractivity contribution in [1.29, 1.82) is 0 Å². The highest BCUT2D eigenvalue weighted by atomic mass is 16.5. The summed E-state index contributed by atoms with van der Waals surface area (Å²) in [5, 5.41) is 2.87. The number of hydrogen-bond donors (Lipinski definition) is 1. The monoisotopic (exact) mass is 213 g/mol. The molecule has 0 aromatic heterocycles.